The second kappa shape index (κ2) is 7.79. The van der Waals surface area contributed by atoms with Crippen LogP contribution in [-0.4, -0.2) is 16.1 Å². The molecule has 0 fully saturated rings. The quantitative estimate of drug-likeness (QED) is 0.407. The molecule has 152 valence electrons. The SMILES string of the molecule is O=C(O)c1ccnc(-c2cccc3cc(COc4cccc(C(F)(F)F)c4)sc23)c1. The maximum Gasteiger partial charge on any atom is 0.416 e. The third kappa shape index (κ3) is 4.13. The Morgan fingerprint density at radius 1 is 1.07 bits per heavy atom. The molecular weight excluding hydrogens is 415 g/mol. The zero-order valence-electron chi connectivity index (χ0n) is 15.3. The number of hydrogen-bond donors (Lipinski definition) is 1. The van der Waals surface area contributed by atoms with Crippen LogP contribution in [0.5, 0.6) is 5.75 Å². The van der Waals surface area contributed by atoms with Gasteiger partial charge in [-0.1, -0.05) is 24.3 Å². The molecule has 4 aromatic rings. The molecule has 0 atom stereocenters. The van der Waals surface area contributed by atoms with Crippen LogP contribution in [0.3, 0.4) is 0 Å². The number of carboxylic acid groups (broad SMARTS) is 1. The molecule has 8 heteroatoms. The number of hydrogen-bond acceptors (Lipinski definition) is 4. The predicted octanol–water partition coefficient (Wildman–Crippen LogP) is 6.26. The summed E-state index contributed by atoms with van der Waals surface area (Å²) in [6, 6.07) is 15.2. The molecule has 2 aromatic carbocycles. The van der Waals surface area contributed by atoms with E-state index < -0.39 is 17.7 Å². The molecule has 4 rings (SSSR count). The molecule has 2 heterocycles. The molecule has 0 aliphatic rings. The number of halogens is 3. The highest BCUT2D eigenvalue weighted by atomic mass is 32.1. The minimum absolute atomic E-state index is 0.114. The first-order valence-electron chi connectivity index (χ1n) is 8.82. The van der Waals surface area contributed by atoms with Gasteiger partial charge in [0.2, 0.25) is 0 Å². The Bertz CT molecular complexity index is 1230. The number of carbonyl (C=O) groups is 1. The Morgan fingerprint density at radius 3 is 2.63 bits per heavy atom. The molecule has 1 N–H and O–H groups in total. The number of fused-ring (bicyclic) bond motifs is 1. The summed E-state index contributed by atoms with van der Waals surface area (Å²) >= 11 is 1.43. The second-order valence-corrected chi connectivity index (χ2v) is 7.62. The van der Waals surface area contributed by atoms with E-state index in [1.165, 1.54) is 41.8 Å². The molecule has 0 bridgehead atoms. The van der Waals surface area contributed by atoms with Crippen LogP contribution in [0.15, 0.2) is 66.9 Å². The summed E-state index contributed by atoms with van der Waals surface area (Å²) in [7, 11) is 0. The van der Waals surface area contributed by atoms with E-state index >= 15 is 0 Å². The molecule has 0 amide bonds. The van der Waals surface area contributed by atoms with Crippen LogP contribution < -0.4 is 4.74 Å². The second-order valence-electron chi connectivity index (χ2n) is 6.49. The average Bonchev–Trinajstić information content (AvgIpc) is 3.15. The van der Waals surface area contributed by atoms with E-state index in [-0.39, 0.29) is 17.9 Å². The molecule has 0 saturated heterocycles. The van der Waals surface area contributed by atoms with E-state index in [0.717, 1.165) is 32.7 Å². The largest absolute Gasteiger partial charge is 0.488 e. The van der Waals surface area contributed by atoms with Gasteiger partial charge in [-0.15, -0.1) is 11.3 Å². The van der Waals surface area contributed by atoms with Gasteiger partial charge in [0.1, 0.15) is 12.4 Å². The fourth-order valence-corrected chi connectivity index (χ4v) is 4.11. The lowest BCUT2D eigenvalue weighted by atomic mass is 10.1. The topological polar surface area (TPSA) is 59.4 Å². The molecular formula is C22H14F3NO3S. The Labute approximate surface area is 173 Å². The number of carboxylic acids is 1. The summed E-state index contributed by atoms with van der Waals surface area (Å²) in [5, 5.41) is 10.1. The fraction of sp³-hybridized carbons (Fsp3) is 0.0909. The molecule has 0 aliphatic heterocycles. The minimum atomic E-state index is -4.43. The number of nitrogens with zero attached hydrogens (tertiary/aromatic N) is 1. The molecule has 0 saturated carbocycles. The van der Waals surface area contributed by atoms with Crippen LogP contribution >= 0.6 is 11.3 Å². The third-order valence-corrected chi connectivity index (χ3v) is 5.58. The number of pyridine rings is 1. The summed E-state index contributed by atoms with van der Waals surface area (Å²) < 4.78 is 45.0. The van der Waals surface area contributed by atoms with Gasteiger partial charge in [0.15, 0.2) is 0 Å². The highest BCUT2D eigenvalue weighted by Crippen LogP contribution is 2.35. The molecule has 0 spiro atoms. The summed E-state index contributed by atoms with van der Waals surface area (Å²) in [5.41, 5.74) is 0.697. The lowest BCUT2D eigenvalue weighted by Gasteiger charge is -2.09. The molecule has 2 aromatic heterocycles. The molecule has 4 nitrogen and oxygen atoms in total. The zero-order valence-corrected chi connectivity index (χ0v) is 16.1. The zero-order chi connectivity index (χ0) is 21.3. The molecule has 0 unspecified atom stereocenters. The average molecular weight is 429 g/mol. The number of aromatic carboxylic acids is 1. The fourth-order valence-electron chi connectivity index (χ4n) is 3.02. The highest BCUT2D eigenvalue weighted by Gasteiger charge is 2.30. The van der Waals surface area contributed by atoms with E-state index in [1.807, 2.05) is 24.3 Å². The van der Waals surface area contributed by atoms with E-state index in [2.05, 4.69) is 4.98 Å². The van der Waals surface area contributed by atoms with Gasteiger partial charge in [-0.05, 0) is 41.8 Å². The maximum atomic E-state index is 12.9. The number of alkyl halides is 3. The normalized spacial score (nSPS) is 11.6. The summed E-state index contributed by atoms with van der Waals surface area (Å²) in [6.45, 7) is 0.114. The van der Waals surface area contributed by atoms with Gasteiger partial charge in [0.05, 0.1) is 16.8 Å². The maximum absolute atomic E-state index is 12.9. The summed E-state index contributed by atoms with van der Waals surface area (Å²) in [4.78, 5) is 16.4. The van der Waals surface area contributed by atoms with Crippen LogP contribution in [0.2, 0.25) is 0 Å². The van der Waals surface area contributed by atoms with Crippen LogP contribution in [0, 0.1) is 0 Å². The smallest absolute Gasteiger partial charge is 0.416 e. The first-order valence-corrected chi connectivity index (χ1v) is 9.64. The van der Waals surface area contributed by atoms with Crippen molar-refractivity contribution in [1.82, 2.24) is 4.98 Å². The van der Waals surface area contributed by atoms with Gasteiger partial charge in [-0.25, -0.2) is 4.79 Å². The lowest BCUT2D eigenvalue weighted by Crippen LogP contribution is -2.05. The van der Waals surface area contributed by atoms with Crippen molar-refractivity contribution in [2.75, 3.05) is 0 Å². The van der Waals surface area contributed by atoms with Gasteiger partial charge in [-0.2, -0.15) is 13.2 Å². The van der Waals surface area contributed by atoms with Crippen molar-refractivity contribution in [1.29, 1.82) is 0 Å². The van der Waals surface area contributed by atoms with Crippen molar-refractivity contribution < 1.29 is 27.8 Å². The Balaban J connectivity index is 1.61. The van der Waals surface area contributed by atoms with Crippen LogP contribution in [0.25, 0.3) is 21.3 Å². The van der Waals surface area contributed by atoms with Gasteiger partial charge >= 0.3 is 12.1 Å². The molecule has 0 aliphatic carbocycles. The number of rotatable bonds is 5. The van der Waals surface area contributed by atoms with E-state index in [0.29, 0.717) is 5.69 Å². The van der Waals surface area contributed by atoms with E-state index in [1.54, 1.807) is 0 Å². The van der Waals surface area contributed by atoms with Crippen molar-refractivity contribution in [2.45, 2.75) is 12.8 Å². The van der Waals surface area contributed by atoms with E-state index in [4.69, 9.17) is 4.74 Å². The molecule has 0 radical (unpaired) electrons. The Kier molecular flexibility index (Phi) is 5.17. The van der Waals surface area contributed by atoms with E-state index in [9.17, 15) is 23.1 Å². The summed E-state index contributed by atoms with van der Waals surface area (Å²) in [5.74, 6) is -0.898. The van der Waals surface area contributed by atoms with Crippen LogP contribution in [0.4, 0.5) is 13.2 Å². The number of aromatic nitrogens is 1. The monoisotopic (exact) mass is 429 g/mol. The van der Waals surface area contributed by atoms with Crippen LogP contribution in [0.1, 0.15) is 20.8 Å². The Morgan fingerprint density at radius 2 is 1.87 bits per heavy atom. The van der Waals surface area contributed by atoms with Gasteiger partial charge < -0.3 is 9.84 Å². The number of benzene rings is 2. The number of ether oxygens (including phenoxy) is 1. The third-order valence-electron chi connectivity index (χ3n) is 4.42. The predicted molar refractivity (Wildman–Crippen MR) is 108 cm³/mol. The lowest BCUT2D eigenvalue weighted by molar-refractivity contribution is -0.137. The standard InChI is InChI=1S/C22H14F3NO3S/c23-22(24,25)15-4-2-5-16(11-15)29-12-17-9-13-3-1-6-18(20(13)30-17)19-10-14(21(27)28)7-8-26-19/h1-11H,12H2,(H,27,28). The van der Waals surface area contributed by atoms with Crippen molar-refractivity contribution >= 4 is 27.4 Å². The van der Waals surface area contributed by atoms with Crippen molar-refractivity contribution in [3.8, 4) is 17.0 Å². The van der Waals surface area contributed by atoms with Crippen molar-refractivity contribution in [2.24, 2.45) is 0 Å². The van der Waals surface area contributed by atoms with Crippen molar-refractivity contribution in [3.63, 3.8) is 0 Å². The van der Waals surface area contributed by atoms with Crippen molar-refractivity contribution in [3.05, 3.63) is 82.9 Å². The first kappa shape index (κ1) is 19.9. The summed E-state index contributed by atoms with van der Waals surface area (Å²) in [6.07, 6.45) is -2.98. The van der Waals surface area contributed by atoms with Crippen LogP contribution in [-0.2, 0) is 12.8 Å². The Hall–Kier alpha value is -3.39. The van der Waals surface area contributed by atoms with Gasteiger partial charge in [0, 0.05) is 21.3 Å². The van der Waals surface area contributed by atoms with Gasteiger partial charge in [0.25, 0.3) is 0 Å². The first-order chi connectivity index (χ1) is 14.3. The van der Waals surface area contributed by atoms with Gasteiger partial charge in [-0.3, -0.25) is 4.98 Å². The minimum Gasteiger partial charge on any atom is -0.488 e. The molecule has 30 heavy (non-hydrogen) atoms. The number of thiophene rings is 1. The highest BCUT2D eigenvalue weighted by molar-refractivity contribution is 7.19.